The molecule has 0 radical (unpaired) electrons. The van der Waals surface area contributed by atoms with Crippen LogP contribution in [0.2, 0.25) is 0 Å². The molecule has 2 atom stereocenters. The molecule has 3 nitrogen and oxygen atoms in total. The fourth-order valence-corrected chi connectivity index (χ4v) is 3.09. The van der Waals surface area contributed by atoms with Crippen LogP contribution in [0, 0.1) is 11.8 Å². The van der Waals surface area contributed by atoms with Crippen molar-refractivity contribution in [3.05, 3.63) is 35.4 Å². The summed E-state index contributed by atoms with van der Waals surface area (Å²) in [6.45, 7) is 0.569. The number of nitrogens with one attached hydrogen (secondary N) is 1. The van der Waals surface area contributed by atoms with Crippen molar-refractivity contribution < 1.29 is 4.79 Å². The normalized spacial score (nSPS) is 23.5. The first-order valence-electron chi connectivity index (χ1n) is 7.35. The Hall–Kier alpha value is -1.35. The smallest absolute Gasteiger partial charge is 0.223 e. The number of benzene rings is 1. The van der Waals surface area contributed by atoms with Crippen molar-refractivity contribution in [3.8, 4) is 0 Å². The topological polar surface area (TPSA) is 55.1 Å². The average molecular weight is 258 g/mol. The first kappa shape index (κ1) is 12.7. The van der Waals surface area contributed by atoms with Crippen molar-refractivity contribution in [1.29, 1.82) is 0 Å². The molecule has 0 aliphatic heterocycles. The van der Waals surface area contributed by atoms with Crippen LogP contribution in [-0.2, 0) is 17.6 Å². The van der Waals surface area contributed by atoms with Crippen molar-refractivity contribution in [3.63, 3.8) is 0 Å². The van der Waals surface area contributed by atoms with Crippen LogP contribution >= 0.6 is 0 Å². The van der Waals surface area contributed by atoms with Crippen LogP contribution in [0.4, 0.5) is 0 Å². The minimum absolute atomic E-state index is 0.127. The monoisotopic (exact) mass is 258 g/mol. The lowest BCUT2D eigenvalue weighted by atomic mass is 9.83. The van der Waals surface area contributed by atoms with Gasteiger partial charge in [-0.3, -0.25) is 4.79 Å². The van der Waals surface area contributed by atoms with E-state index in [9.17, 15) is 4.79 Å². The Bertz CT molecular complexity index is 468. The van der Waals surface area contributed by atoms with Gasteiger partial charge in [0.2, 0.25) is 5.91 Å². The van der Waals surface area contributed by atoms with Crippen molar-refractivity contribution in [2.75, 3.05) is 6.54 Å². The molecule has 1 aromatic carbocycles. The van der Waals surface area contributed by atoms with Crippen LogP contribution in [-0.4, -0.2) is 18.5 Å². The third-order valence-corrected chi connectivity index (χ3v) is 4.49. The van der Waals surface area contributed by atoms with Crippen LogP contribution in [0.25, 0.3) is 0 Å². The van der Waals surface area contributed by atoms with Gasteiger partial charge in [-0.05, 0) is 49.1 Å². The summed E-state index contributed by atoms with van der Waals surface area (Å²) in [6.07, 6.45) is 5.30. The highest BCUT2D eigenvalue weighted by Crippen LogP contribution is 2.33. The van der Waals surface area contributed by atoms with Gasteiger partial charge in [0.1, 0.15) is 0 Å². The third-order valence-electron chi connectivity index (χ3n) is 4.49. The summed E-state index contributed by atoms with van der Waals surface area (Å²) in [6, 6.07) is 8.67. The number of hydrogen-bond donors (Lipinski definition) is 2. The van der Waals surface area contributed by atoms with Crippen LogP contribution < -0.4 is 11.1 Å². The molecule has 19 heavy (non-hydrogen) atoms. The summed E-state index contributed by atoms with van der Waals surface area (Å²) in [5.74, 6) is 0.962. The predicted molar refractivity (Wildman–Crippen MR) is 75.7 cm³/mol. The van der Waals surface area contributed by atoms with Gasteiger partial charge in [0.25, 0.3) is 0 Å². The van der Waals surface area contributed by atoms with E-state index < -0.39 is 0 Å². The molecule has 0 spiro atoms. The lowest BCUT2D eigenvalue weighted by Crippen LogP contribution is -2.45. The fraction of sp³-hybridized carbons (Fsp3) is 0.562. The molecule has 1 fully saturated rings. The average Bonchev–Trinajstić information content (AvgIpc) is 3.28. The second-order valence-electron chi connectivity index (χ2n) is 5.90. The maximum absolute atomic E-state index is 12.3. The second-order valence-corrected chi connectivity index (χ2v) is 5.90. The minimum Gasteiger partial charge on any atom is -0.352 e. The van der Waals surface area contributed by atoms with E-state index in [1.165, 1.54) is 24.0 Å². The van der Waals surface area contributed by atoms with E-state index in [1.54, 1.807) is 0 Å². The minimum atomic E-state index is 0.127. The van der Waals surface area contributed by atoms with Gasteiger partial charge in [0, 0.05) is 18.5 Å². The first-order chi connectivity index (χ1) is 9.28. The zero-order valence-electron chi connectivity index (χ0n) is 11.3. The Labute approximate surface area is 114 Å². The zero-order chi connectivity index (χ0) is 13.2. The van der Waals surface area contributed by atoms with Gasteiger partial charge < -0.3 is 11.1 Å². The number of aryl methyl sites for hydroxylation is 1. The maximum atomic E-state index is 12.3. The molecule has 0 bridgehead atoms. The van der Waals surface area contributed by atoms with Gasteiger partial charge >= 0.3 is 0 Å². The quantitative estimate of drug-likeness (QED) is 0.862. The summed E-state index contributed by atoms with van der Waals surface area (Å²) in [5.41, 5.74) is 8.50. The Morgan fingerprint density at radius 1 is 1.26 bits per heavy atom. The molecule has 102 valence electrons. The summed E-state index contributed by atoms with van der Waals surface area (Å²) in [5, 5.41) is 3.17. The molecule has 1 saturated carbocycles. The van der Waals surface area contributed by atoms with Gasteiger partial charge in [0.05, 0.1) is 0 Å². The molecule has 0 saturated heterocycles. The molecule has 0 heterocycles. The SMILES string of the molecule is NCC(NC(=O)C1CCc2ccccc2C1)C1CC1. The van der Waals surface area contributed by atoms with Gasteiger partial charge in [-0.25, -0.2) is 0 Å². The van der Waals surface area contributed by atoms with Gasteiger partial charge in [-0.15, -0.1) is 0 Å². The molecule has 2 aliphatic carbocycles. The number of rotatable bonds is 4. The molecular weight excluding hydrogens is 236 g/mol. The van der Waals surface area contributed by atoms with Crippen molar-refractivity contribution >= 4 is 5.91 Å². The van der Waals surface area contributed by atoms with E-state index in [-0.39, 0.29) is 17.9 Å². The number of carbonyl (C=O) groups excluding carboxylic acids is 1. The van der Waals surface area contributed by atoms with Crippen molar-refractivity contribution in [1.82, 2.24) is 5.32 Å². The number of nitrogens with two attached hydrogens (primary N) is 1. The van der Waals surface area contributed by atoms with Gasteiger partial charge in [-0.2, -0.15) is 0 Å². The molecule has 0 aromatic heterocycles. The summed E-state index contributed by atoms with van der Waals surface area (Å²) >= 11 is 0. The van der Waals surface area contributed by atoms with E-state index in [1.807, 2.05) is 0 Å². The van der Waals surface area contributed by atoms with Crippen molar-refractivity contribution in [2.45, 2.75) is 38.1 Å². The van der Waals surface area contributed by atoms with E-state index in [0.717, 1.165) is 19.3 Å². The fourth-order valence-electron chi connectivity index (χ4n) is 3.09. The van der Waals surface area contributed by atoms with Crippen LogP contribution in [0.3, 0.4) is 0 Å². The Morgan fingerprint density at radius 3 is 2.68 bits per heavy atom. The van der Waals surface area contributed by atoms with Crippen LogP contribution in [0.5, 0.6) is 0 Å². The highest BCUT2D eigenvalue weighted by Gasteiger charge is 2.33. The first-order valence-corrected chi connectivity index (χ1v) is 7.35. The highest BCUT2D eigenvalue weighted by molar-refractivity contribution is 5.79. The molecule has 3 rings (SSSR count). The van der Waals surface area contributed by atoms with E-state index in [2.05, 4.69) is 29.6 Å². The lowest BCUT2D eigenvalue weighted by Gasteiger charge is -2.26. The Kier molecular flexibility index (Phi) is 3.56. The van der Waals surface area contributed by atoms with Crippen LogP contribution in [0.1, 0.15) is 30.4 Å². The van der Waals surface area contributed by atoms with Crippen LogP contribution in [0.15, 0.2) is 24.3 Å². The number of amides is 1. The Morgan fingerprint density at radius 2 is 2.00 bits per heavy atom. The second kappa shape index (κ2) is 5.33. The van der Waals surface area contributed by atoms with Crippen molar-refractivity contribution in [2.24, 2.45) is 17.6 Å². The predicted octanol–water partition coefficient (Wildman–Crippen LogP) is 1.64. The molecule has 3 heteroatoms. The van der Waals surface area contributed by atoms with Gasteiger partial charge in [-0.1, -0.05) is 24.3 Å². The maximum Gasteiger partial charge on any atom is 0.223 e. The summed E-state index contributed by atoms with van der Waals surface area (Å²) < 4.78 is 0. The molecule has 3 N–H and O–H groups in total. The van der Waals surface area contributed by atoms with E-state index in [0.29, 0.717) is 12.5 Å². The summed E-state index contributed by atoms with van der Waals surface area (Å²) in [4.78, 5) is 12.3. The Balaban J connectivity index is 1.62. The molecule has 1 amide bonds. The number of fused-ring (bicyclic) bond motifs is 1. The standard InChI is InChI=1S/C16H22N2O/c17-10-15(12-6-7-12)18-16(19)14-8-5-11-3-1-2-4-13(11)9-14/h1-4,12,14-15H,5-10,17H2,(H,18,19). The zero-order valence-corrected chi connectivity index (χ0v) is 11.3. The molecule has 1 aromatic rings. The molecule has 2 aliphatic rings. The summed E-state index contributed by atoms with van der Waals surface area (Å²) in [7, 11) is 0. The lowest BCUT2D eigenvalue weighted by molar-refractivity contribution is -0.126. The number of carbonyl (C=O) groups is 1. The third kappa shape index (κ3) is 2.81. The largest absolute Gasteiger partial charge is 0.352 e. The molecular formula is C16H22N2O. The highest BCUT2D eigenvalue weighted by atomic mass is 16.1. The number of hydrogen-bond acceptors (Lipinski definition) is 2. The van der Waals surface area contributed by atoms with Gasteiger partial charge in [0.15, 0.2) is 0 Å². The van der Waals surface area contributed by atoms with E-state index in [4.69, 9.17) is 5.73 Å². The van der Waals surface area contributed by atoms with E-state index >= 15 is 0 Å². The molecule has 2 unspecified atom stereocenters.